The molecule has 6 aliphatic rings. The first-order valence-electron chi connectivity index (χ1n) is 10.9. The number of hydrogen-bond acceptors (Lipinski definition) is 11. The number of carboxylic acid groups (broad SMARTS) is 2. The van der Waals surface area contributed by atoms with Crippen LogP contribution in [0.1, 0.15) is 65.7 Å². The van der Waals surface area contributed by atoms with Crippen LogP contribution in [0.15, 0.2) is 0 Å². The molecule has 4 saturated heterocycles. The number of carbonyl (C=O) groups is 2. The van der Waals surface area contributed by atoms with Gasteiger partial charge in [0.2, 0.25) is 5.79 Å². The SMILES string of the molecule is C[C@H]1[C@@H](O)O[C@@H]2O[C@@]3(C)CC[C@H]4[C@H](C)CC[C@@H]1[C@@]24OO3.N.N.O=C([O-])C1(C(=O)[O-])CCC1.[Pt+2]. The molecular weight excluding hydrogens is 619 g/mol. The Labute approximate surface area is 208 Å². The van der Waals surface area contributed by atoms with Crippen molar-refractivity contribution in [3.05, 3.63) is 0 Å². The summed E-state index contributed by atoms with van der Waals surface area (Å²) in [6.07, 6.45) is 3.65. The number of carbonyl (C=O) groups excluding carboxylic acids is 2. The van der Waals surface area contributed by atoms with Crippen molar-refractivity contribution < 1.29 is 65.2 Å². The van der Waals surface area contributed by atoms with Gasteiger partial charge in [0.25, 0.3) is 0 Å². The second-order valence-electron chi connectivity index (χ2n) is 9.81. The molecule has 4 aliphatic heterocycles. The van der Waals surface area contributed by atoms with Crippen LogP contribution < -0.4 is 22.5 Å². The Morgan fingerprint density at radius 1 is 0.939 bits per heavy atom. The van der Waals surface area contributed by atoms with Gasteiger partial charge in [-0.05, 0) is 50.9 Å². The largest absolute Gasteiger partial charge is 2.00 e. The summed E-state index contributed by atoms with van der Waals surface area (Å²) < 4.78 is 11.9. The van der Waals surface area contributed by atoms with E-state index >= 15 is 0 Å². The van der Waals surface area contributed by atoms with E-state index in [-0.39, 0.29) is 58.0 Å². The molecule has 2 aliphatic carbocycles. The maximum absolute atomic E-state index is 10.2. The van der Waals surface area contributed by atoms with Gasteiger partial charge >= 0.3 is 21.1 Å². The van der Waals surface area contributed by atoms with Gasteiger partial charge in [-0.1, -0.05) is 20.3 Å². The fourth-order valence-electron chi connectivity index (χ4n) is 5.91. The average molecular weight is 656 g/mol. The molecule has 12 heteroatoms. The number of carboxylic acids is 2. The summed E-state index contributed by atoms with van der Waals surface area (Å²) in [5, 5.41) is 30.6. The molecule has 0 aromatic heterocycles. The molecule has 0 aromatic rings. The van der Waals surface area contributed by atoms with Gasteiger partial charge in [0.1, 0.15) is 0 Å². The van der Waals surface area contributed by atoms with E-state index in [1.807, 2.05) is 13.8 Å². The van der Waals surface area contributed by atoms with E-state index in [0.717, 1.165) is 19.3 Å². The van der Waals surface area contributed by atoms with Crippen LogP contribution in [0.3, 0.4) is 0 Å². The monoisotopic (exact) mass is 655 g/mol. The van der Waals surface area contributed by atoms with Gasteiger partial charge < -0.3 is 46.7 Å². The topological polar surface area (TPSA) is 207 Å². The minimum atomic E-state index is -1.67. The number of hydrogen-bond donors (Lipinski definition) is 3. The Bertz CT molecular complexity index is 704. The summed E-state index contributed by atoms with van der Waals surface area (Å²) in [6.45, 7) is 6.22. The number of fused-ring (bicyclic) bond motifs is 2. The quantitative estimate of drug-likeness (QED) is 0.270. The van der Waals surface area contributed by atoms with Crippen molar-refractivity contribution >= 4 is 11.9 Å². The fourth-order valence-corrected chi connectivity index (χ4v) is 5.91. The van der Waals surface area contributed by atoms with E-state index in [9.17, 15) is 24.9 Å². The predicted molar refractivity (Wildman–Crippen MR) is 105 cm³/mol. The van der Waals surface area contributed by atoms with Crippen molar-refractivity contribution in [1.29, 1.82) is 0 Å². The molecule has 11 nitrogen and oxygen atoms in total. The molecule has 2 bridgehead atoms. The van der Waals surface area contributed by atoms with Crippen LogP contribution in [-0.4, -0.2) is 41.0 Å². The van der Waals surface area contributed by atoms with Crippen LogP contribution in [0.25, 0.3) is 0 Å². The first kappa shape index (κ1) is 30.4. The standard InChI is InChI=1S/C15H24O5.C6H8O4.2H3N.Pt/c1-8-4-5-11-9(2)12(16)17-13-15(11)10(8)6-7-14(3,18-13)19-20-15;7-4(8)6(5(9)10)2-1-3-6;;;/h8-13,16H,4-7H2,1-3H3;1-3H2,(H,7,8)(H,9,10);2*1H3;/q;;;;+2/p-2/t8-,9-,10+,11+,12+,13-,14-,15-;;;;/m1..../s1. The van der Waals surface area contributed by atoms with Gasteiger partial charge in [-0.3, -0.25) is 0 Å². The van der Waals surface area contributed by atoms with Crippen LogP contribution >= 0.6 is 0 Å². The van der Waals surface area contributed by atoms with Crippen LogP contribution in [-0.2, 0) is 49.9 Å². The van der Waals surface area contributed by atoms with E-state index in [1.54, 1.807) is 0 Å². The van der Waals surface area contributed by atoms with Gasteiger partial charge in [-0.2, -0.15) is 0 Å². The minimum Gasteiger partial charge on any atom is -0.549 e. The molecule has 6 rings (SSSR count). The Balaban J connectivity index is 0.000000364. The van der Waals surface area contributed by atoms with Crippen LogP contribution in [0.4, 0.5) is 0 Å². The van der Waals surface area contributed by atoms with Gasteiger partial charge in [0.05, 0.1) is 11.9 Å². The summed E-state index contributed by atoms with van der Waals surface area (Å²) in [5.74, 6) is -2.59. The zero-order chi connectivity index (χ0) is 21.9. The zero-order valence-corrected chi connectivity index (χ0v) is 21.6. The fraction of sp³-hybridized carbons (Fsp3) is 0.905. The van der Waals surface area contributed by atoms with Gasteiger partial charge in [0, 0.05) is 23.7 Å². The molecule has 8 atom stereocenters. The van der Waals surface area contributed by atoms with Crippen molar-refractivity contribution in [2.75, 3.05) is 0 Å². The van der Waals surface area contributed by atoms with Gasteiger partial charge in [-0.25, -0.2) is 9.78 Å². The van der Waals surface area contributed by atoms with E-state index in [4.69, 9.17) is 19.2 Å². The van der Waals surface area contributed by atoms with Crippen LogP contribution in [0, 0.1) is 29.1 Å². The van der Waals surface area contributed by atoms with Crippen LogP contribution in [0.2, 0.25) is 0 Å². The van der Waals surface area contributed by atoms with Gasteiger partial charge in [-0.15, -0.1) is 0 Å². The normalized spacial score (nSPS) is 43.9. The predicted octanol–water partition coefficient (Wildman–Crippen LogP) is 0.165. The molecule has 1 spiro atoms. The Morgan fingerprint density at radius 3 is 2.03 bits per heavy atom. The Hall–Kier alpha value is -0.652. The zero-order valence-electron chi connectivity index (χ0n) is 19.4. The smallest absolute Gasteiger partial charge is 0.549 e. The van der Waals surface area contributed by atoms with E-state index < -0.39 is 41.3 Å². The summed E-state index contributed by atoms with van der Waals surface area (Å²) >= 11 is 0. The summed E-state index contributed by atoms with van der Waals surface area (Å²) in [6, 6.07) is 0. The Kier molecular flexibility index (Phi) is 9.70. The summed E-state index contributed by atoms with van der Waals surface area (Å²) in [7, 11) is 0. The molecule has 0 amide bonds. The molecule has 7 N–H and O–H groups in total. The second-order valence-corrected chi connectivity index (χ2v) is 9.81. The number of rotatable bonds is 2. The first-order chi connectivity index (χ1) is 14.1. The first-order valence-corrected chi connectivity index (χ1v) is 10.9. The van der Waals surface area contributed by atoms with E-state index in [0.29, 0.717) is 18.3 Å². The van der Waals surface area contributed by atoms with Crippen molar-refractivity contribution in [2.45, 2.75) is 89.7 Å². The number of aliphatic hydroxyl groups is 1. The van der Waals surface area contributed by atoms with Gasteiger partial charge in [0.15, 0.2) is 18.2 Å². The maximum atomic E-state index is 10.2. The second kappa shape index (κ2) is 10.5. The summed E-state index contributed by atoms with van der Waals surface area (Å²) in [4.78, 5) is 32.1. The average Bonchev–Trinajstić information content (AvgIpc) is 2.85. The third-order valence-electron chi connectivity index (χ3n) is 8.11. The molecule has 33 heavy (non-hydrogen) atoms. The molecule has 194 valence electrons. The molecule has 4 heterocycles. The van der Waals surface area contributed by atoms with Crippen molar-refractivity contribution in [3.63, 3.8) is 0 Å². The van der Waals surface area contributed by atoms with Crippen molar-refractivity contribution in [3.8, 4) is 0 Å². The molecule has 0 unspecified atom stereocenters. The molecule has 2 saturated carbocycles. The Morgan fingerprint density at radius 2 is 1.55 bits per heavy atom. The summed E-state index contributed by atoms with van der Waals surface area (Å²) in [5.41, 5.74) is -2.22. The third-order valence-corrected chi connectivity index (χ3v) is 8.11. The van der Waals surface area contributed by atoms with E-state index in [1.165, 1.54) is 6.42 Å². The molecule has 0 aromatic carbocycles. The van der Waals surface area contributed by atoms with E-state index in [2.05, 4.69) is 6.92 Å². The maximum Gasteiger partial charge on any atom is 2.00 e. The minimum absolute atomic E-state index is 0. The number of ether oxygens (including phenoxy) is 2. The number of aliphatic carboxylic acids is 2. The molecule has 6 fully saturated rings. The van der Waals surface area contributed by atoms with Crippen molar-refractivity contribution in [2.24, 2.45) is 29.1 Å². The van der Waals surface area contributed by atoms with Crippen LogP contribution in [0.5, 0.6) is 0 Å². The van der Waals surface area contributed by atoms with Crippen molar-refractivity contribution in [1.82, 2.24) is 12.3 Å². The number of aliphatic hydroxyl groups excluding tert-OH is 1. The third kappa shape index (κ3) is 4.63. The molecular formula is C21H36N2O9Pt. The molecule has 0 radical (unpaired) electrons.